The third kappa shape index (κ3) is 2.12. The van der Waals surface area contributed by atoms with Crippen LogP contribution in [0, 0.1) is 0 Å². The zero-order chi connectivity index (χ0) is 16.0. The first-order chi connectivity index (χ1) is 11.2. The molecule has 1 N–H and O–H groups in total. The number of hydrogen-bond acceptors (Lipinski definition) is 4. The van der Waals surface area contributed by atoms with Crippen LogP contribution in [0.4, 0.5) is 5.95 Å². The van der Waals surface area contributed by atoms with Gasteiger partial charge in [0.2, 0.25) is 5.95 Å². The van der Waals surface area contributed by atoms with E-state index in [4.69, 9.17) is 0 Å². The van der Waals surface area contributed by atoms with Crippen LogP contribution in [0.15, 0.2) is 36.7 Å². The maximum Gasteiger partial charge on any atom is 0.251 e. The SMILES string of the molecule is CNC(C(=O)N1CCn2c1nc1ccccc12)c1cnn(C)c1. The predicted octanol–water partition coefficient (Wildman–Crippen LogP) is 1.08. The van der Waals surface area contributed by atoms with Gasteiger partial charge >= 0.3 is 0 Å². The predicted molar refractivity (Wildman–Crippen MR) is 87.1 cm³/mol. The van der Waals surface area contributed by atoms with E-state index in [0.29, 0.717) is 6.54 Å². The van der Waals surface area contributed by atoms with E-state index >= 15 is 0 Å². The lowest BCUT2D eigenvalue weighted by molar-refractivity contribution is -0.120. The molecule has 1 aliphatic rings. The van der Waals surface area contributed by atoms with Crippen LogP contribution < -0.4 is 10.2 Å². The fraction of sp³-hybridized carbons (Fsp3) is 0.312. The molecule has 7 nitrogen and oxygen atoms in total. The lowest BCUT2D eigenvalue weighted by atomic mass is 10.1. The Morgan fingerprint density at radius 3 is 2.87 bits per heavy atom. The van der Waals surface area contributed by atoms with Gasteiger partial charge in [0.05, 0.1) is 17.2 Å². The molecule has 0 saturated carbocycles. The summed E-state index contributed by atoms with van der Waals surface area (Å²) in [6, 6.07) is 7.54. The molecule has 0 bridgehead atoms. The van der Waals surface area contributed by atoms with Crippen LogP contribution >= 0.6 is 0 Å². The van der Waals surface area contributed by atoms with Crippen LogP contribution in [0.25, 0.3) is 11.0 Å². The molecular formula is C16H18N6O. The van der Waals surface area contributed by atoms with Gasteiger partial charge in [0.1, 0.15) is 6.04 Å². The van der Waals surface area contributed by atoms with E-state index in [1.54, 1.807) is 22.8 Å². The van der Waals surface area contributed by atoms with Gasteiger partial charge in [-0.1, -0.05) is 12.1 Å². The Balaban J connectivity index is 1.71. The molecule has 1 amide bonds. The second kappa shape index (κ2) is 5.20. The standard InChI is InChI=1S/C16H18N6O/c1-17-14(11-9-18-20(2)10-11)15(23)22-8-7-21-13-6-4-3-5-12(13)19-16(21)22/h3-6,9-10,14,17H,7-8H2,1-2H3. The third-order valence-electron chi connectivity index (χ3n) is 4.28. The molecular weight excluding hydrogens is 292 g/mol. The molecule has 0 spiro atoms. The van der Waals surface area contributed by atoms with Crippen LogP contribution in [-0.4, -0.2) is 38.8 Å². The minimum atomic E-state index is -0.421. The van der Waals surface area contributed by atoms with E-state index in [1.165, 1.54) is 0 Å². The highest BCUT2D eigenvalue weighted by Gasteiger charge is 2.33. The van der Waals surface area contributed by atoms with Gasteiger partial charge in [-0.15, -0.1) is 0 Å². The number of nitrogens with one attached hydrogen (secondary N) is 1. The Hall–Kier alpha value is -2.67. The first-order valence-electron chi connectivity index (χ1n) is 7.61. The van der Waals surface area contributed by atoms with Crippen LogP contribution in [0.2, 0.25) is 0 Å². The average Bonchev–Trinajstić information content (AvgIpc) is 3.23. The Kier molecular flexibility index (Phi) is 3.16. The van der Waals surface area contributed by atoms with Crippen molar-refractivity contribution in [2.45, 2.75) is 12.6 Å². The van der Waals surface area contributed by atoms with Gasteiger partial charge in [0.25, 0.3) is 5.91 Å². The highest BCUT2D eigenvalue weighted by molar-refractivity contribution is 5.98. The Labute approximate surface area is 133 Å². The van der Waals surface area contributed by atoms with Crippen LogP contribution in [0.3, 0.4) is 0 Å². The molecule has 1 aliphatic heterocycles. The number of hydrogen-bond donors (Lipinski definition) is 1. The molecule has 3 heterocycles. The Morgan fingerprint density at radius 1 is 1.30 bits per heavy atom. The lowest BCUT2D eigenvalue weighted by Crippen LogP contribution is -2.39. The van der Waals surface area contributed by atoms with E-state index < -0.39 is 6.04 Å². The number of aryl methyl sites for hydroxylation is 1. The number of fused-ring (bicyclic) bond motifs is 3. The molecule has 3 aromatic rings. The first-order valence-corrected chi connectivity index (χ1v) is 7.61. The van der Waals surface area contributed by atoms with Crippen LogP contribution in [0.5, 0.6) is 0 Å². The van der Waals surface area contributed by atoms with Crippen molar-refractivity contribution in [3.8, 4) is 0 Å². The molecule has 1 unspecified atom stereocenters. The molecule has 23 heavy (non-hydrogen) atoms. The van der Waals surface area contributed by atoms with Crippen molar-refractivity contribution in [3.05, 3.63) is 42.2 Å². The molecule has 4 rings (SSSR count). The van der Waals surface area contributed by atoms with E-state index in [1.807, 2.05) is 37.5 Å². The largest absolute Gasteiger partial charge is 0.308 e. The van der Waals surface area contributed by atoms with Crippen molar-refractivity contribution in [1.29, 1.82) is 0 Å². The van der Waals surface area contributed by atoms with Gasteiger partial charge in [-0.3, -0.25) is 14.4 Å². The third-order valence-corrected chi connectivity index (χ3v) is 4.28. The summed E-state index contributed by atoms with van der Waals surface area (Å²) >= 11 is 0. The maximum atomic E-state index is 13.0. The van der Waals surface area contributed by atoms with Gasteiger partial charge in [-0.2, -0.15) is 5.10 Å². The van der Waals surface area contributed by atoms with Crippen LogP contribution in [-0.2, 0) is 18.4 Å². The molecule has 1 aromatic carbocycles. The van der Waals surface area contributed by atoms with Gasteiger partial charge in [-0.25, -0.2) is 4.98 Å². The zero-order valence-electron chi connectivity index (χ0n) is 13.1. The zero-order valence-corrected chi connectivity index (χ0v) is 13.1. The Morgan fingerprint density at radius 2 is 2.13 bits per heavy atom. The number of anilines is 1. The quantitative estimate of drug-likeness (QED) is 0.786. The van der Waals surface area contributed by atoms with E-state index in [9.17, 15) is 4.79 Å². The number of amides is 1. The lowest BCUT2D eigenvalue weighted by Gasteiger charge is -2.20. The first kappa shape index (κ1) is 14.0. The van der Waals surface area contributed by atoms with Crippen molar-refractivity contribution >= 4 is 22.9 Å². The van der Waals surface area contributed by atoms with Crippen molar-refractivity contribution in [2.75, 3.05) is 18.5 Å². The number of aromatic nitrogens is 4. The fourth-order valence-corrected chi connectivity index (χ4v) is 3.18. The number of imidazole rings is 1. The minimum Gasteiger partial charge on any atom is -0.308 e. The number of rotatable bonds is 3. The normalized spacial score (nSPS) is 15.1. The van der Waals surface area contributed by atoms with E-state index in [-0.39, 0.29) is 5.91 Å². The van der Waals surface area contributed by atoms with Crippen molar-refractivity contribution < 1.29 is 4.79 Å². The molecule has 1 atom stereocenters. The topological polar surface area (TPSA) is 68.0 Å². The molecule has 0 radical (unpaired) electrons. The summed E-state index contributed by atoms with van der Waals surface area (Å²) in [6.45, 7) is 1.41. The summed E-state index contributed by atoms with van der Waals surface area (Å²) in [5, 5.41) is 7.25. The second-order valence-corrected chi connectivity index (χ2v) is 5.71. The van der Waals surface area contributed by atoms with E-state index in [2.05, 4.69) is 20.0 Å². The average molecular weight is 310 g/mol. The number of nitrogens with zero attached hydrogens (tertiary/aromatic N) is 5. The monoisotopic (exact) mass is 310 g/mol. The smallest absolute Gasteiger partial charge is 0.251 e. The summed E-state index contributed by atoms with van der Waals surface area (Å²) in [6.07, 6.45) is 3.58. The number of carbonyl (C=O) groups excluding carboxylic acids is 1. The summed E-state index contributed by atoms with van der Waals surface area (Å²) < 4.78 is 3.80. The van der Waals surface area contributed by atoms with Crippen molar-refractivity contribution in [1.82, 2.24) is 24.6 Å². The minimum absolute atomic E-state index is 0.00504. The van der Waals surface area contributed by atoms with Crippen molar-refractivity contribution in [3.63, 3.8) is 0 Å². The summed E-state index contributed by atoms with van der Waals surface area (Å²) in [5.41, 5.74) is 2.84. The van der Waals surface area contributed by atoms with Gasteiger partial charge in [0, 0.05) is 31.9 Å². The summed E-state index contributed by atoms with van der Waals surface area (Å²) in [7, 11) is 3.63. The second-order valence-electron chi connectivity index (χ2n) is 5.71. The van der Waals surface area contributed by atoms with Gasteiger partial charge < -0.3 is 9.88 Å². The van der Waals surface area contributed by atoms with Crippen molar-refractivity contribution in [2.24, 2.45) is 7.05 Å². The van der Waals surface area contributed by atoms with E-state index in [0.717, 1.165) is 29.1 Å². The maximum absolute atomic E-state index is 13.0. The summed E-state index contributed by atoms with van der Waals surface area (Å²) in [5.74, 6) is 0.717. The van der Waals surface area contributed by atoms with Gasteiger partial charge in [-0.05, 0) is 19.2 Å². The highest BCUT2D eigenvalue weighted by atomic mass is 16.2. The van der Waals surface area contributed by atoms with Crippen LogP contribution in [0.1, 0.15) is 11.6 Å². The molecule has 0 saturated heterocycles. The summed E-state index contributed by atoms with van der Waals surface area (Å²) in [4.78, 5) is 19.4. The highest BCUT2D eigenvalue weighted by Crippen LogP contribution is 2.29. The number of carbonyl (C=O) groups is 1. The van der Waals surface area contributed by atoms with Gasteiger partial charge in [0.15, 0.2) is 0 Å². The number of benzene rings is 1. The number of likely N-dealkylation sites (N-methyl/N-ethyl adjacent to an activating group) is 1. The fourth-order valence-electron chi connectivity index (χ4n) is 3.18. The molecule has 0 fully saturated rings. The molecule has 7 heteroatoms. The molecule has 0 aliphatic carbocycles. The Bertz CT molecular complexity index is 880. The molecule has 118 valence electrons. The number of para-hydroxylation sites is 2. The molecule has 2 aromatic heterocycles.